The van der Waals surface area contributed by atoms with Crippen LogP contribution in [0.4, 0.5) is 0 Å². The number of nitrogens with zero attached hydrogens (tertiary/aromatic N) is 5. The maximum atomic E-state index is 8.70. The molecule has 0 saturated carbocycles. The van der Waals surface area contributed by atoms with E-state index < -0.39 is 0 Å². The van der Waals surface area contributed by atoms with Gasteiger partial charge in [-0.15, -0.1) is 5.10 Å². The van der Waals surface area contributed by atoms with Crippen molar-refractivity contribution >= 4 is 6.21 Å². The molecule has 0 unspecified atom stereocenters. The van der Waals surface area contributed by atoms with Gasteiger partial charge in [0.25, 0.3) is 0 Å². The summed E-state index contributed by atoms with van der Waals surface area (Å²) in [5.41, 5.74) is 1.03. The lowest BCUT2D eigenvalue weighted by atomic mass is 10.2. The molecule has 0 aliphatic heterocycles. The van der Waals surface area contributed by atoms with Gasteiger partial charge < -0.3 is 4.84 Å². The third kappa shape index (κ3) is 2.92. The van der Waals surface area contributed by atoms with Gasteiger partial charge in [-0.2, -0.15) is 10.2 Å². The Kier molecular flexibility index (Phi) is 3.66. The predicted octanol–water partition coefficient (Wildman–Crippen LogP) is 1.24. The number of nitriles is 1. The standard InChI is InChI=1S/C12H11N5O/c1-17-12(7-13)15-11(16-17)8-14-18-9-10-5-3-2-4-6-10/h2-6,8H,9H2,1H3/b14-8+. The Hall–Kier alpha value is -2.68. The van der Waals surface area contributed by atoms with Gasteiger partial charge in [0, 0.05) is 7.05 Å². The molecule has 0 bridgehead atoms. The summed E-state index contributed by atoms with van der Waals surface area (Å²) in [6, 6.07) is 11.6. The van der Waals surface area contributed by atoms with E-state index in [4.69, 9.17) is 10.1 Å². The number of aryl methyl sites for hydroxylation is 1. The van der Waals surface area contributed by atoms with Gasteiger partial charge in [0.05, 0.1) is 0 Å². The zero-order valence-corrected chi connectivity index (χ0v) is 9.82. The maximum Gasteiger partial charge on any atom is 0.231 e. The molecule has 0 atom stereocenters. The van der Waals surface area contributed by atoms with Crippen molar-refractivity contribution in [3.8, 4) is 6.07 Å². The second kappa shape index (κ2) is 5.59. The van der Waals surface area contributed by atoms with Gasteiger partial charge in [-0.05, 0) is 5.56 Å². The summed E-state index contributed by atoms with van der Waals surface area (Å²) < 4.78 is 1.39. The van der Waals surface area contributed by atoms with Crippen LogP contribution in [-0.4, -0.2) is 21.0 Å². The average Bonchev–Trinajstić information content (AvgIpc) is 2.76. The quantitative estimate of drug-likeness (QED) is 0.596. The largest absolute Gasteiger partial charge is 0.391 e. The Bertz CT molecular complexity index is 582. The fourth-order valence-corrected chi connectivity index (χ4v) is 1.33. The first-order valence-corrected chi connectivity index (χ1v) is 5.30. The van der Waals surface area contributed by atoms with Crippen molar-refractivity contribution in [1.82, 2.24) is 14.8 Å². The van der Waals surface area contributed by atoms with Crippen LogP contribution in [-0.2, 0) is 18.5 Å². The highest BCUT2D eigenvalue weighted by Gasteiger charge is 2.03. The normalized spacial score (nSPS) is 10.4. The van der Waals surface area contributed by atoms with Crippen LogP contribution in [0.1, 0.15) is 17.2 Å². The molecule has 2 rings (SSSR count). The van der Waals surface area contributed by atoms with Crippen LogP contribution < -0.4 is 0 Å². The third-order valence-corrected chi connectivity index (χ3v) is 2.20. The molecule has 0 fully saturated rings. The van der Waals surface area contributed by atoms with Crippen LogP contribution in [0, 0.1) is 11.3 Å². The monoisotopic (exact) mass is 241 g/mol. The number of hydrogen-bond donors (Lipinski definition) is 0. The summed E-state index contributed by atoms with van der Waals surface area (Å²) in [7, 11) is 1.65. The molecule has 18 heavy (non-hydrogen) atoms. The van der Waals surface area contributed by atoms with Crippen molar-refractivity contribution in [2.45, 2.75) is 6.61 Å². The summed E-state index contributed by atoms with van der Waals surface area (Å²) in [5.74, 6) is 0.585. The number of aromatic nitrogens is 3. The van der Waals surface area contributed by atoms with Crippen molar-refractivity contribution in [1.29, 1.82) is 5.26 Å². The van der Waals surface area contributed by atoms with E-state index in [1.807, 2.05) is 36.4 Å². The van der Waals surface area contributed by atoms with E-state index in [1.54, 1.807) is 7.05 Å². The maximum absolute atomic E-state index is 8.70. The van der Waals surface area contributed by atoms with Crippen LogP contribution in [0.2, 0.25) is 0 Å². The van der Waals surface area contributed by atoms with Gasteiger partial charge >= 0.3 is 0 Å². The molecule has 0 aliphatic carbocycles. The molecular formula is C12H11N5O. The SMILES string of the molecule is Cn1nc(/C=N/OCc2ccccc2)nc1C#N. The lowest BCUT2D eigenvalue weighted by Crippen LogP contribution is -1.94. The molecule has 0 aliphatic rings. The first-order chi connectivity index (χ1) is 8.79. The Balaban J connectivity index is 1.90. The van der Waals surface area contributed by atoms with Crippen molar-refractivity contribution in [3.05, 3.63) is 47.5 Å². The van der Waals surface area contributed by atoms with Crippen LogP contribution in [0.5, 0.6) is 0 Å². The Morgan fingerprint density at radius 1 is 1.44 bits per heavy atom. The molecule has 1 heterocycles. The number of rotatable bonds is 4. The van der Waals surface area contributed by atoms with Gasteiger partial charge in [0.2, 0.25) is 5.82 Å². The van der Waals surface area contributed by atoms with E-state index in [0.29, 0.717) is 12.4 Å². The smallest absolute Gasteiger partial charge is 0.231 e. The fourth-order valence-electron chi connectivity index (χ4n) is 1.33. The summed E-state index contributed by atoms with van der Waals surface area (Å²) in [4.78, 5) is 9.04. The van der Waals surface area contributed by atoms with Crippen LogP contribution in [0.25, 0.3) is 0 Å². The van der Waals surface area contributed by atoms with Gasteiger partial charge in [-0.1, -0.05) is 35.5 Å². The molecule has 0 radical (unpaired) electrons. The van der Waals surface area contributed by atoms with E-state index in [2.05, 4.69) is 15.2 Å². The average molecular weight is 241 g/mol. The highest BCUT2D eigenvalue weighted by Crippen LogP contribution is 2.00. The predicted molar refractivity (Wildman–Crippen MR) is 64.5 cm³/mol. The van der Waals surface area contributed by atoms with E-state index in [1.165, 1.54) is 10.9 Å². The van der Waals surface area contributed by atoms with Crippen LogP contribution in [0.3, 0.4) is 0 Å². The molecule has 90 valence electrons. The Morgan fingerprint density at radius 3 is 2.89 bits per heavy atom. The third-order valence-electron chi connectivity index (χ3n) is 2.20. The molecule has 0 N–H and O–H groups in total. The Morgan fingerprint density at radius 2 is 2.22 bits per heavy atom. The van der Waals surface area contributed by atoms with Crippen molar-refractivity contribution < 1.29 is 4.84 Å². The molecule has 0 saturated heterocycles. The van der Waals surface area contributed by atoms with E-state index in [-0.39, 0.29) is 5.82 Å². The minimum absolute atomic E-state index is 0.236. The highest BCUT2D eigenvalue weighted by molar-refractivity contribution is 5.73. The topological polar surface area (TPSA) is 76.1 Å². The zero-order chi connectivity index (χ0) is 12.8. The number of benzene rings is 1. The Labute approximate surface area is 104 Å². The second-order valence-corrected chi connectivity index (χ2v) is 3.52. The number of oxime groups is 1. The molecule has 0 spiro atoms. The molecular weight excluding hydrogens is 230 g/mol. The molecule has 1 aromatic carbocycles. The first kappa shape index (κ1) is 11.8. The van der Waals surface area contributed by atoms with Gasteiger partial charge in [-0.3, -0.25) is 0 Å². The molecule has 2 aromatic rings. The van der Waals surface area contributed by atoms with Gasteiger partial charge in [0.1, 0.15) is 18.9 Å². The summed E-state index contributed by atoms with van der Waals surface area (Å²) in [6.07, 6.45) is 1.38. The first-order valence-electron chi connectivity index (χ1n) is 5.30. The minimum Gasteiger partial charge on any atom is -0.391 e. The van der Waals surface area contributed by atoms with Gasteiger partial charge in [-0.25, -0.2) is 4.68 Å². The van der Waals surface area contributed by atoms with Crippen molar-refractivity contribution in [3.63, 3.8) is 0 Å². The van der Waals surface area contributed by atoms with Crippen molar-refractivity contribution in [2.75, 3.05) is 0 Å². The van der Waals surface area contributed by atoms with Crippen molar-refractivity contribution in [2.24, 2.45) is 12.2 Å². The molecule has 0 amide bonds. The zero-order valence-electron chi connectivity index (χ0n) is 9.82. The van der Waals surface area contributed by atoms with Gasteiger partial charge in [0.15, 0.2) is 5.82 Å². The van der Waals surface area contributed by atoms with E-state index in [9.17, 15) is 0 Å². The molecule has 1 aromatic heterocycles. The second-order valence-electron chi connectivity index (χ2n) is 3.52. The minimum atomic E-state index is 0.236. The fraction of sp³-hybridized carbons (Fsp3) is 0.167. The number of hydrogen-bond acceptors (Lipinski definition) is 5. The van der Waals surface area contributed by atoms with E-state index >= 15 is 0 Å². The van der Waals surface area contributed by atoms with Crippen LogP contribution in [0.15, 0.2) is 35.5 Å². The lowest BCUT2D eigenvalue weighted by Gasteiger charge is -1.97. The summed E-state index contributed by atoms with van der Waals surface area (Å²) >= 11 is 0. The van der Waals surface area contributed by atoms with E-state index in [0.717, 1.165) is 5.56 Å². The highest BCUT2D eigenvalue weighted by atomic mass is 16.6. The molecule has 6 heteroatoms. The lowest BCUT2D eigenvalue weighted by molar-refractivity contribution is 0.132. The molecule has 6 nitrogen and oxygen atoms in total. The van der Waals surface area contributed by atoms with Crippen LogP contribution >= 0.6 is 0 Å². The summed E-state index contributed by atoms with van der Waals surface area (Å²) in [6.45, 7) is 0.384. The summed E-state index contributed by atoms with van der Waals surface area (Å²) in [5, 5.41) is 16.4.